The average molecular weight is 279 g/mol. The first kappa shape index (κ1) is 15.5. The average Bonchev–Trinajstić information content (AvgIpc) is 2.91. The summed E-state index contributed by atoms with van der Waals surface area (Å²) >= 11 is 0. The first-order valence-electron chi connectivity index (χ1n) is 7.90. The van der Waals surface area contributed by atoms with Gasteiger partial charge in [-0.2, -0.15) is 5.10 Å². The van der Waals surface area contributed by atoms with Gasteiger partial charge in [0.05, 0.1) is 12.2 Å². The number of aryl methyl sites for hydroxylation is 2. The lowest BCUT2D eigenvalue weighted by molar-refractivity contribution is 0.0473. The molecule has 1 aromatic rings. The number of rotatable bonds is 6. The summed E-state index contributed by atoms with van der Waals surface area (Å²) in [7, 11) is 2.02. The Labute approximate surface area is 122 Å². The van der Waals surface area contributed by atoms with Crippen molar-refractivity contribution in [2.75, 3.05) is 6.54 Å². The van der Waals surface area contributed by atoms with Crippen LogP contribution in [-0.2, 0) is 18.2 Å². The molecule has 0 amide bonds. The van der Waals surface area contributed by atoms with E-state index in [9.17, 15) is 0 Å². The molecule has 2 heterocycles. The molecule has 2 rings (SSSR count). The second-order valence-corrected chi connectivity index (χ2v) is 6.13. The van der Waals surface area contributed by atoms with E-state index < -0.39 is 0 Å². The lowest BCUT2D eigenvalue weighted by Gasteiger charge is -2.29. The van der Waals surface area contributed by atoms with Crippen LogP contribution in [0.25, 0.3) is 0 Å². The van der Waals surface area contributed by atoms with Gasteiger partial charge < -0.3 is 10.1 Å². The third kappa shape index (κ3) is 3.23. The molecule has 20 heavy (non-hydrogen) atoms. The van der Waals surface area contributed by atoms with Crippen LogP contribution in [0.4, 0.5) is 0 Å². The minimum atomic E-state index is 0.343. The molecule has 1 N–H and O–H groups in total. The van der Waals surface area contributed by atoms with Crippen molar-refractivity contribution in [2.45, 2.75) is 58.8 Å². The minimum Gasteiger partial charge on any atom is -0.375 e. The van der Waals surface area contributed by atoms with E-state index in [1.165, 1.54) is 5.69 Å². The fourth-order valence-corrected chi connectivity index (χ4v) is 3.63. The van der Waals surface area contributed by atoms with Crippen LogP contribution >= 0.6 is 0 Å². The Bertz CT molecular complexity index is 418. The zero-order valence-electron chi connectivity index (χ0n) is 13.5. The normalized spacial score (nSPS) is 31.6. The Morgan fingerprint density at radius 1 is 1.35 bits per heavy atom. The lowest BCUT2D eigenvalue weighted by atomic mass is 9.81. The molecule has 1 fully saturated rings. The topological polar surface area (TPSA) is 39.1 Å². The van der Waals surface area contributed by atoms with E-state index in [4.69, 9.17) is 4.74 Å². The minimum absolute atomic E-state index is 0.343. The van der Waals surface area contributed by atoms with Crippen LogP contribution in [0.5, 0.6) is 0 Å². The highest BCUT2D eigenvalue weighted by atomic mass is 16.5. The van der Waals surface area contributed by atoms with Gasteiger partial charge in [-0.05, 0) is 45.2 Å². The number of nitrogens with zero attached hydrogens (tertiary/aromatic N) is 2. The lowest BCUT2D eigenvalue weighted by Crippen LogP contribution is -2.42. The first-order valence-corrected chi connectivity index (χ1v) is 7.90. The van der Waals surface area contributed by atoms with E-state index in [2.05, 4.69) is 44.2 Å². The summed E-state index contributed by atoms with van der Waals surface area (Å²) in [5.41, 5.74) is 1.31. The fourth-order valence-electron chi connectivity index (χ4n) is 3.63. The van der Waals surface area contributed by atoms with E-state index >= 15 is 0 Å². The molecule has 0 radical (unpaired) electrons. The second kappa shape index (κ2) is 6.72. The molecule has 1 saturated heterocycles. The van der Waals surface area contributed by atoms with Gasteiger partial charge in [0.1, 0.15) is 0 Å². The van der Waals surface area contributed by atoms with E-state index in [0.29, 0.717) is 30.1 Å². The summed E-state index contributed by atoms with van der Waals surface area (Å²) in [6.45, 7) is 9.95. The van der Waals surface area contributed by atoms with Gasteiger partial charge in [-0.1, -0.05) is 13.8 Å². The van der Waals surface area contributed by atoms with Crippen molar-refractivity contribution in [1.82, 2.24) is 15.1 Å². The standard InChI is InChI=1S/C16H29N3O/c1-6-17-15(8-7-14-9-10-18-19(14)5)16-11(2)12(3)20-13(16)4/h9-13,15-17H,6-8H2,1-5H3. The van der Waals surface area contributed by atoms with Crippen molar-refractivity contribution in [1.29, 1.82) is 0 Å². The molecule has 5 unspecified atom stereocenters. The van der Waals surface area contributed by atoms with Gasteiger partial charge in [0.25, 0.3) is 0 Å². The molecule has 0 aromatic carbocycles. The molecule has 0 spiro atoms. The van der Waals surface area contributed by atoms with E-state index in [-0.39, 0.29) is 0 Å². The summed E-state index contributed by atoms with van der Waals surface area (Å²) in [6.07, 6.45) is 4.80. The van der Waals surface area contributed by atoms with Crippen molar-refractivity contribution in [3.8, 4) is 0 Å². The number of ether oxygens (including phenoxy) is 1. The molecule has 0 saturated carbocycles. The van der Waals surface area contributed by atoms with Gasteiger partial charge >= 0.3 is 0 Å². The van der Waals surface area contributed by atoms with Gasteiger partial charge in [-0.25, -0.2) is 0 Å². The molecule has 1 aliphatic heterocycles. The van der Waals surface area contributed by atoms with Crippen molar-refractivity contribution in [3.63, 3.8) is 0 Å². The van der Waals surface area contributed by atoms with Crippen molar-refractivity contribution in [2.24, 2.45) is 18.9 Å². The first-order chi connectivity index (χ1) is 9.54. The molecule has 0 aliphatic carbocycles. The summed E-state index contributed by atoms with van der Waals surface area (Å²) < 4.78 is 7.99. The number of nitrogens with one attached hydrogen (secondary N) is 1. The second-order valence-electron chi connectivity index (χ2n) is 6.13. The quantitative estimate of drug-likeness (QED) is 0.869. The molecule has 1 aromatic heterocycles. The molecule has 5 atom stereocenters. The molecule has 0 bridgehead atoms. The fraction of sp³-hybridized carbons (Fsp3) is 0.812. The van der Waals surface area contributed by atoms with Gasteiger partial charge in [0.15, 0.2) is 0 Å². The number of hydrogen-bond acceptors (Lipinski definition) is 3. The van der Waals surface area contributed by atoms with Crippen LogP contribution in [0.1, 0.15) is 39.8 Å². The summed E-state index contributed by atoms with van der Waals surface area (Å²) in [4.78, 5) is 0. The van der Waals surface area contributed by atoms with E-state index in [1.54, 1.807) is 0 Å². The van der Waals surface area contributed by atoms with Gasteiger partial charge in [-0.3, -0.25) is 4.68 Å². The van der Waals surface area contributed by atoms with Crippen LogP contribution in [0.15, 0.2) is 12.3 Å². The van der Waals surface area contributed by atoms with Crippen LogP contribution in [-0.4, -0.2) is 34.6 Å². The Hall–Kier alpha value is -0.870. The molecular formula is C16H29N3O. The van der Waals surface area contributed by atoms with E-state index in [0.717, 1.165) is 19.4 Å². The van der Waals surface area contributed by atoms with Crippen LogP contribution in [0.2, 0.25) is 0 Å². The zero-order valence-corrected chi connectivity index (χ0v) is 13.5. The van der Waals surface area contributed by atoms with Gasteiger partial charge in [0, 0.05) is 30.9 Å². The zero-order chi connectivity index (χ0) is 14.7. The predicted molar refractivity (Wildman–Crippen MR) is 81.7 cm³/mol. The van der Waals surface area contributed by atoms with Crippen molar-refractivity contribution >= 4 is 0 Å². The molecule has 1 aliphatic rings. The van der Waals surface area contributed by atoms with Crippen LogP contribution < -0.4 is 5.32 Å². The van der Waals surface area contributed by atoms with Crippen LogP contribution in [0.3, 0.4) is 0 Å². The third-order valence-corrected chi connectivity index (χ3v) is 4.88. The smallest absolute Gasteiger partial charge is 0.0597 e. The maximum atomic E-state index is 6.02. The SMILES string of the molecule is CCNC(CCc1ccnn1C)C1C(C)OC(C)C1C. The maximum absolute atomic E-state index is 6.02. The summed E-state index contributed by atoms with van der Waals surface area (Å²) in [6, 6.07) is 2.63. The molecular weight excluding hydrogens is 250 g/mol. The van der Waals surface area contributed by atoms with Gasteiger partial charge in [0.2, 0.25) is 0 Å². The highest BCUT2D eigenvalue weighted by Crippen LogP contribution is 2.35. The van der Waals surface area contributed by atoms with Crippen molar-refractivity contribution in [3.05, 3.63) is 18.0 Å². The van der Waals surface area contributed by atoms with E-state index in [1.807, 2.05) is 17.9 Å². The maximum Gasteiger partial charge on any atom is 0.0597 e. The van der Waals surface area contributed by atoms with Crippen LogP contribution in [0, 0.1) is 11.8 Å². The number of hydrogen-bond donors (Lipinski definition) is 1. The Balaban J connectivity index is 2.01. The molecule has 4 nitrogen and oxygen atoms in total. The summed E-state index contributed by atoms with van der Waals surface area (Å²) in [5, 5.41) is 7.93. The Morgan fingerprint density at radius 2 is 2.10 bits per heavy atom. The Morgan fingerprint density at radius 3 is 2.60 bits per heavy atom. The predicted octanol–water partition coefficient (Wildman–Crippen LogP) is 2.39. The van der Waals surface area contributed by atoms with Gasteiger partial charge in [-0.15, -0.1) is 0 Å². The third-order valence-electron chi connectivity index (χ3n) is 4.88. The largest absolute Gasteiger partial charge is 0.375 e. The highest BCUT2D eigenvalue weighted by molar-refractivity contribution is 5.01. The monoisotopic (exact) mass is 279 g/mol. The highest BCUT2D eigenvalue weighted by Gasteiger charge is 2.41. The van der Waals surface area contributed by atoms with Crippen molar-refractivity contribution < 1.29 is 4.74 Å². The summed E-state index contributed by atoms with van der Waals surface area (Å²) in [5.74, 6) is 1.21. The molecule has 4 heteroatoms. The Kier molecular flexibility index (Phi) is 5.22. The molecule has 114 valence electrons. The number of aromatic nitrogens is 2.